The van der Waals surface area contributed by atoms with Crippen LogP contribution < -0.4 is 5.32 Å². The molecule has 2 aromatic rings. The zero-order valence-corrected chi connectivity index (χ0v) is 11.1. The second-order valence-corrected chi connectivity index (χ2v) is 4.73. The highest BCUT2D eigenvalue weighted by atomic mass is 14.9. The van der Waals surface area contributed by atoms with Crippen molar-refractivity contribution in [1.29, 1.82) is 0 Å². The average Bonchev–Trinajstić information content (AvgIpc) is 2.84. The number of unbranched alkanes of at least 4 members (excludes halogenated alkanes) is 1. The Kier molecular flexibility index (Phi) is 5.03. The van der Waals surface area contributed by atoms with Crippen LogP contribution in [0.5, 0.6) is 0 Å². The average molecular weight is 242 g/mol. The first-order valence-electron chi connectivity index (χ1n) is 6.71. The maximum atomic E-state index is 3.17. The van der Waals surface area contributed by atoms with E-state index in [2.05, 4.69) is 58.7 Å². The fraction of sp³-hybridized carbons (Fsp3) is 0.375. The molecule has 0 saturated carbocycles. The van der Waals surface area contributed by atoms with Crippen LogP contribution in [-0.2, 0) is 19.5 Å². The zero-order chi connectivity index (χ0) is 12.6. The van der Waals surface area contributed by atoms with Crippen LogP contribution in [0.25, 0.3) is 0 Å². The van der Waals surface area contributed by atoms with E-state index in [-0.39, 0.29) is 0 Å². The van der Waals surface area contributed by atoms with Gasteiger partial charge in [-0.3, -0.25) is 0 Å². The molecule has 0 radical (unpaired) electrons. The maximum Gasteiger partial charge on any atom is 0.0219 e. The standard InChI is InChI=1S/C16H22N2/c1-17-13-16-10-12-18(14-16)11-6-5-9-15-7-3-2-4-8-15/h2-4,7-8,10,12,14,17H,5-6,9,11,13H2,1H3. The number of nitrogens with zero attached hydrogens (tertiary/aromatic N) is 1. The van der Waals surface area contributed by atoms with E-state index in [1.807, 2.05) is 7.05 Å². The highest BCUT2D eigenvalue weighted by molar-refractivity contribution is 5.14. The Labute approximate surface area is 110 Å². The fourth-order valence-electron chi connectivity index (χ4n) is 2.21. The molecule has 2 rings (SSSR count). The largest absolute Gasteiger partial charge is 0.354 e. The summed E-state index contributed by atoms with van der Waals surface area (Å²) in [5.74, 6) is 0. The van der Waals surface area contributed by atoms with Crippen molar-refractivity contribution in [3.8, 4) is 0 Å². The maximum absolute atomic E-state index is 3.17. The van der Waals surface area contributed by atoms with Crippen molar-refractivity contribution in [2.24, 2.45) is 0 Å². The number of nitrogens with one attached hydrogen (secondary N) is 1. The van der Waals surface area contributed by atoms with Crippen LogP contribution in [0.2, 0.25) is 0 Å². The first kappa shape index (κ1) is 12.9. The molecular weight excluding hydrogens is 220 g/mol. The van der Waals surface area contributed by atoms with E-state index in [1.54, 1.807) is 0 Å². The number of benzene rings is 1. The quantitative estimate of drug-likeness (QED) is 0.738. The van der Waals surface area contributed by atoms with E-state index in [9.17, 15) is 0 Å². The van der Waals surface area contributed by atoms with Gasteiger partial charge in [0.05, 0.1) is 0 Å². The van der Waals surface area contributed by atoms with Gasteiger partial charge in [0.2, 0.25) is 0 Å². The van der Waals surface area contributed by atoms with Crippen molar-refractivity contribution in [3.05, 3.63) is 59.9 Å². The van der Waals surface area contributed by atoms with Gasteiger partial charge in [-0.15, -0.1) is 0 Å². The summed E-state index contributed by atoms with van der Waals surface area (Å²) in [6.07, 6.45) is 8.09. The molecule has 0 aliphatic rings. The van der Waals surface area contributed by atoms with Gasteiger partial charge in [0.25, 0.3) is 0 Å². The third kappa shape index (κ3) is 4.04. The lowest BCUT2D eigenvalue weighted by Crippen LogP contribution is -2.04. The number of aryl methyl sites for hydroxylation is 2. The summed E-state index contributed by atoms with van der Waals surface area (Å²) in [7, 11) is 1.98. The highest BCUT2D eigenvalue weighted by Crippen LogP contribution is 2.07. The van der Waals surface area contributed by atoms with Gasteiger partial charge < -0.3 is 9.88 Å². The molecular formula is C16H22N2. The smallest absolute Gasteiger partial charge is 0.0219 e. The number of rotatable bonds is 7. The third-order valence-electron chi connectivity index (χ3n) is 3.17. The first-order chi connectivity index (χ1) is 8.88. The van der Waals surface area contributed by atoms with Crippen LogP contribution in [0, 0.1) is 0 Å². The number of hydrogen-bond donors (Lipinski definition) is 1. The Bertz CT molecular complexity index is 445. The van der Waals surface area contributed by atoms with Crippen LogP contribution in [0.4, 0.5) is 0 Å². The summed E-state index contributed by atoms with van der Waals surface area (Å²) in [6, 6.07) is 12.9. The second kappa shape index (κ2) is 7.02. The predicted molar refractivity (Wildman–Crippen MR) is 76.6 cm³/mol. The molecule has 96 valence electrons. The van der Waals surface area contributed by atoms with Gasteiger partial charge in [-0.1, -0.05) is 30.3 Å². The summed E-state index contributed by atoms with van der Waals surface area (Å²) < 4.78 is 2.29. The molecule has 1 aromatic heterocycles. The lowest BCUT2D eigenvalue weighted by molar-refractivity contribution is 0.610. The first-order valence-corrected chi connectivity index (χ1v) is 6.71. The van der Waals surface area contributed by atoms with Crippen molar-refractivity contribution in [2.75, 3.05) is 7.05 Å². The topological polar surface area (TPSA) is 17.0 Å². The summed E-state index contributed by atoms with van der Waals surface area (Å²) in [5, 5.41) is 3.17. The van der Waals surface area contributed by atoms with E-state index >= 15 is 0 Å². The highest BCUT2D eigenvalue weighted by Gasteiger charge is 1.96. The lowest BCUT2D eigenvalue weighted by atomic mass is 10.1. The molecule has 18 heavy (non-hydrogen) atoms. The van der Waals surface area contributed by atoms with Crippen molar-refractivity contribution < 1.29 is 0 Å². The molecule has 0 saturated heterocycles. The molecule has 0 aliphatic carbocycles. The van der Waals surface area contributed by atoms with Crippen molar-refractivity contribution >= 4 is 0 Å². The van der Waals surface area contributed by atoms with Crippen LogP contribution in [-0.4, -0.2) is 11.6 Å². The van der Waals surface area contributed by atoms with Crippen LogP contribution in [0.1, 0.15) is 24.0 Å². The fourth-order valence-corrected chi connectivity index (χ4v) is 2.21. The summed E-state index contributed by atoms with van der Waals surface area (Å²) in [4.78, 5) is 0. The normalized spacial score (nSPS) is 10.7. The minimum atomic E-state index is 0.955. The van der Waals surface area contributed by atoms with Gasteiger partial charge in [0, 0.05) is 25.5 Å². The van der Waals surface area contributed by atoms with Crippen LogP contribution in [0.15, 0.2) is 48.8 Å². The monoisotopic (exact) mass is 242 g/mol. The molecule has 0 spiro atoms. The molecule has 1 heterocycles. The van der Waals surface area contributed by atoms with E-state index in [4.69, 9.17) is 0 Å². The predicted octanol–water partition coefficient (Wildman–Crippen LogP) is 3.23. The Balaban J connectivity index is 1.68. The van der Waals surface area contributed by atoms with Crippen LogP contribution >= 0.6 is 0 Å². The summed E-state index contributed by atoms with van der Waals surface area (Å²) in [6.45, 7) is 2.08. The van der Waals surface area contributed by atoms with Gasteiger partial charge in [-0.25, -0.2) is 0 Å². The Morgan fingerprint density at radius 1 is 1.00 bits per heavy atom. The van der Waals surface area contributed by atoms with Gasteiger partial charge >= 0.3 is 0 Å². The minimum Gasteiger partial charge on any atom is -0.354 e. The Hall–Kier alpha value is -1.54. The Morgan fingerprint density at radius 3 is 2.61 bits per heavy atom. The second-order valence-electron chi connectivity index (χ2n) is 4.73. The van der Waals surface area contributed by atoms with Crippen molar-refractivity contribution in [1.82, 2.24) is 9.88 Å². The molecule has 0 unspecified atom stereocenters. The SMILES string of the molecule is CNCc1ccn(CCCCc2ccccc2)c1. The minimum absolute atomic E-state index is 0.955. The van der Waals surface area contributed by atoms with E-state index in [1.165, 1.54) is 30.4 Å². The van der Waals surface area contributed by atoms with Crippen molar-refractivity contribution in [3.63, 3.8) is 0 Å². The molecule has 0 fully saturated rings. The number of aromatic nitrogens is 1. The molecule has 1 N–H and O–H groups in total. The number of hydrogen-bond acceptors (Lipinski definition) is 1. The van der Waals surface area contributed by atoms with Gasteiger partial charge in [-0.2, -0.15) is 0 Å². The Morgan fingerprint density at radius 2 is 1.83 bits per heavy atom. The van der Waals surface area contributed by atoms with E-state index < -0.39 is 0 Å². The molecule has 0 amide bonds. The van der Waals surface area contributed by atoms with Gasteiger partial charge in [0.1, 0.15) is 0 Å². The van der Waals surface area contributed by atoms with E-state index in [0.29, 0.717) is 0 Å². The molecule has 0 atom stereocenters. The molecule has 2 heteroatoms. The van der Waals surface area contributed by atoms with Gasteiger partial charge in [0.15, 0.2) is 0 Å². The summed E-state index contributed by atoms with van der Waals surface area (Å²) >= 11 is 0. The lowest BCUT2D eigenvalue weighted by Gasteiger charge is -2.03. The molecule has 2 nitrogen and oxygen atoms in total. The molecule has 0 bridgehead atoms. The molecule has 0 aliphatic heterocycles. The van der Waals surface area contributed by atoms with E-state index in [0.717, 1.165) is 13.1 Å². The summed E-state index contributed by atoms with van der Waals surface area (Å²) in [5.41, 5.74) is 2.81. The molecule has 1 aromatic carbocycles. The van der Waals surface area contributed by atoms with Crippen LogP contribution in [0.3, 0.4) is 0 Å². The third-order valence-corrected chi connectivity index (χ3v) is 3.17. The van der Waals surface area contributed by atoms with Crippen molar-refractivity contribution in [2.45, 2.75) is 32.4 Å². The zero-order valence-electron chi connectivity index (χ0n) is 11.1. The van der Waals surface area contributed by atoms with Gasteiger partial charge in [-0.05, 0) is 43.5 Å².